The zero-order valence-corrected chi connectivity index (χ0v) is 16.7. The van der Waals surface area contributed by atoms with E-state index in [-0.39, 0.29) is 17.6 Å². The maximum Gasteiger partial charge on any atom is 0.255 e. The molecule has 9 heteroatoms. The molecule has 8 nitrogen and oxygen atoms in total. The Morgan fingerprint density at radius 2 is 1.93 bits per heavy atom. The molecule has 1 aliphatic heterocycles. The molecule has 1 N–H and O–H groups in total. The van der Waals surface area contributed by atoms with Gasteiger partial charge in [0, 0.05) is 46.4 Å². The lowest BCUT2D eigenvalue weighted by atomic mass is 10.1. The van der Waals surface area contributed by atoms with Gasteiger partial charge >= 0.3 is 0 Å². The number of rotatable bonds is 4. The number of fused-ring (bicyclic) bond motifs is 1. The van der Waals surface area contributed by atoms with E-state index in [9.17, 15) is 13.2 Å². The van der Waals surface area contributed by atoms with E-state index in [2.05, 4.69) is 15.3 Å². The van der Waals surface area contributed by atoms with Gasteiger partial charge in [0.05, 0.1) is 6.26 Å². The number of pyridine rings is 1. The van der Waals surface area contributed by atoms with Crippen molar-refractivity contribution in [2.75, 3.05) is 24.7 Å². The van der Waals surface area contributed by atoms with Crippen LogP contribution >= 0.6 is 0 Å². The zero-order chi connectivity index (χ0) is 22.4. The summed E-state index contributed by atoms with van der Waals surface area (Å²) < 4.78 is 49.6. The highest BCUT2D eigenvalue weighted by molar-refractivity contribution is 7.88. The number of nitrogens with zero attached hydrogens (tertiary/aromatic N) is 4. The summed E-state index contributed by atoms with van der Waals surface area (Å²) >= 11 is 0. The maximum absolute atomic E-state index is 13.1. The van der Waals surface area contributed by atoms with Crippen LogP contribution in [0.2, 0.25) is 0 Å². The molecule has 1 saturated carbocycles. The SMILES string of the molecule is [2H]C([2H])([2H])c1cc2cnc(NC3CCN(S(C)(=O)=O)CC3)nc2n(C2CCCC2)c1=O. The highest BCUT2D eigenvalue weighted by atomic mass is 32.2. The third-order valence-corrected chi connectivity index (χ3v) is 7.02. The van der Waals surface area contributed by atoms with Crippen LogP contribution in [0.15, 0.2) is 17.1 Å². The van der Waals surface area contributed by atoms with Gasteiger partial charge in [0.25, 0.3) is 5.56 Å². The normalized spacial score (nSPS) is 22.1. The average molecular weight is 409 g/mol. The molecule has 0 atom stereocenters. The van der Waals surface area contributed by atoms with E-state index in [1.165, 1.54) is 16.6 Å². The van der Waals surface area contributed by atoms with Crippen LogP contribution in [0.3, 0.4) is 0 Å². The van der Waals surface area contributed by atoms with Gasteiger partial charge in [-0.25, -0.2) is 17.7 Å². The molecule has 2 aromatic heterocycles. The Kier molecular flexibility index (Phi) is 4.22. The molecule has 152 valence electrons. The van der Waals surface area contributed by atoms with Gasteiger partial charge in [-0.2, -0.15) is 4.98 Å². The van der Waals surface area contributed by atoms with E-state index in [1.807, 2.05) is 0 Å². The van der Waals surface area contributed by atoms with Crippen LogP contribution in [-0.4, -0.2) is 52.6 Å². The lowest BCUT2D eigenvalue weighted by Gasteiger charge is -2.30. The molecule has 2 aromatic rings. The highest BCUT2D eigenvalue weighted by Gasteiger charge is 2.26. The Labute approximate surface area is 169 Å². The fraction of sp³-hybridized carbons (Fsp3) is 0.632. The van der Waals surface area contributed by atoms with Crippen LogP contribution in [0.1, 0.15) is 54.2 Å². The van der Waals surface area contributed by atoms with E-state index in [0.717, 1.165) is 25.7 Å². The summed E-state index contributed by atoms with van der Waals surface area (Å²) in [4.78, 5) is 22.0. The smallest absolute Gasteiger partial charge is 0.255 e. The molecule has 0 amide bonds. The van der Waals surface area contributed by atoms with Crippen LogP contribution in [0.4, 0.5) is 5.95 Å². The molecule has 1 saturated heterocycles. The minimum atomic E-state index is -3.20. The molecule has 0 unspecified atom stereocenters. The first-order valence-electron chi connectivity index (χ1n) is 11.2. The second-order valence-corrected chi connectivity index (χ2v) is 9.71. The average Bonchev–Trinajstić information content (AvgIpc) is 3.20. The number of anilines is 1. The molecule has 0 aromatic carbocycles. The van der Waals surface area contributed by atoms with Crippen LogP contribution in [-0.2, 0) is 10.0 Å². The van der Waals surface area contributed by atoms with Crippen molar-refractivity contribution < 1.29 is 12.5 Å². The number of piperidine rings is 1. The van der Waals surface area contributed by atoms with Gasteiger partial charge in [-0.1, -0.05) is 12.8 Å². The predicted molar refractivity (Wildman–Crippen MR) is 109 cm³/mol. The van der Waals surface area contributed by atoms with E-state index in [4.69, 9.17) is 4.11 Å². The maximum atomic E-state index is 13.1. The Morgan fingerprint density at radius 1 is 1.21 bits per heavy atom. The van der Waals surface area contributed by atoms with Gasteiger partial charge in [-0.05, 0) is 38.6 Å². The van der Waals surface area contributed by atoms with Gasteiger partial charge in [-0.3, -0.25) is 9.36 Å². The third kappa shape index (κ3) is 3.77. The standard InChI is InChI=1S/C19H27N5O3S/c1-13-11-14-12-20-19(21-15-7-9-23(10-8-15)28(2,26)27)22-17(14)24(18(13)25)16-5-3-4-6-16/h11-12,15-16H,3-10H2,1-2H3,(H,20,21,22)/i1D3. The van der Waals surface area contributed by atoms with Gasteiger partial charge in [0.2, 0.25) is 16.0 Å². The van der Waals surface area contributed by atoms with E-state index in [1.54, 1.807) is 10.8 Å². The van der Waals surface area contributed by atoms with Crippen molar-refractivity contribution in [3.8, 4) is 0 Å². The summed E-state index contributed by atoms with van der Waals surface area (Å²) in [5.41, 5.74) is -0.272. The number of hydrogen-bond donors (Lipinski definition) is 1. The van der Waals surface area contributed by atoms with Crippen LogP contribution in [0.25, 0.3) is 11.0 Å². The fourth-order valence-corrected chi connectivity index (χ4v) is 5.08. The lowest BCUT2D eigenvalue weighted by Crippen LogP contribution is -2.42. The van der Waals surface area contributed by atoms with Crippen molar-refractivity contribution in [2.45, 2.75) is 57.5 Å². The highest BCUT2D eigenvalue weighted by Crippen LogP contribution is 2.30. The van der Waals surface area contributed by atoms with Gasteiger partial charge in [0.15, 0.2) is 0 Å². The van der Waals surface area contributed by atoms with E-state index in [0.29, 0.717) is 42.9 Å². The molecule has 0 radical (unpaired) electrons. The molecular formula is C19H27N5O3S. The summed E-state index contributed by atoms with van der Waals surface area (Å²) in [7, 11) is -3.20. The summed E-state index contributed by atoms with van der Waals surface area (Å²) in [6.45, 7) is -1.65. The summed E-state index contributed by atoms with van der Waals surface area (Å²) in [5, 5.41) is 3.78. The minimum absolute atomic E-state index is 0.0174. The number of sulfonamides is 1. The molecule has 0 spiro atoms. The second-order valence-electron chi connectivity index (χ2n) is 7.72. The van der Waals surface area contributed by atoms with Crippen molar-refractivity contribution in [3.05, 3.63) is 28.2 Å². The molecule has 1 aliphatic carbocycles. The topological polar surface area (TPSA) is 97.2 Å². The minimum Gasteiger partial charge on any atom is -0.351 e. The predicted octanol–water partition coefficient (Wildman–Crippen LogP) is 2.05. The third-order valence-electron chi connectivity index (χ3n) is 5.72. The van der Waals surface area contributed by atoms with Crippen LogP contribution in [0, 0.1) is 6.85 Å². The van der Waals surface area contributed by atoms with Crippen molar-refractivity contribution in [2.24, 2.45) is 0 Å². The van der Waals surface area contributed by atoms with Gasteiger partial charge in [-0.15, -0.1) is 0 Å². The van der Waals surface area contributed by atoms with Gasteiger partial charge < -0.3 is 5.32 Å². The van der Waals surface area contributed by atoms with Crippen molar-refractivity contribution in [1.82, 2.24) is 18.8 Å². The molecule has 2 fully saturated rings. The number of aromatic nitrogens is 3. The van der Waals surface area contributed by atoms with Crippen molar-refractivity contribution in [1.29, 1.82) is 0 Å². The summed E-state index contributed by atoms with van der Waals surface area (Å²) in [6.07, 6.45) is 7.63. The molecule has 3 heterocycles. The largest absolute Gasteiger partial charge is 0.351 e. The quantitative estimate of drug-likeness (QED) is 0.832. The lowest BCUT2D eigenvalue weighted by molar-refractivity contribution is 0.331. The van der Waals surface area contributed by atoms with Crippen molar-refractivity contribution in [3.63, 3.8) is 0 Å². The summed E-state index contributed by atoms with van der Waals surface area (Å²) in [6, 6.07) is 1.33. The molecular weight excluding hydrogens is 378 g/mol. The number of aryl methyl sites for hydroxylation is 1. The second kappa shape index (κ2) is 7.44. The molecule has 4 rings (SSSR count). The Bertz CT molecular complexity index is 1130. The van der Waals surface area contributed by atoms with E-state index >= 15 is 0 Å². The van der Waals surface area contributed by atoms with Crippen LogP contribution in [0.5, 0.6) is 0 Å². The molecule has 28 heavy (non-hydrogen) atoms. The fourth-order valence-electron chi connectivity index (χ4n) is 4.21. The number of hydrogen-bond acceptors (Lipinski definition) is 6. The first-order valence-corrected chi connectivity index (χ1v) is 11.5. The van der Waals surface area contributed by atoms with E-state index < -0.39 is 22.4 Å². The van der Waals surface area contributed by atoms with Gasteiger partial charge in [0.1, 0.15) is 5.65 Å². The Hall–Kier alpha value is -2.00. The first kappa shape index (κ1) is 15.9. The monoisotopic (exact) mass is 408 g/mol. The zero-order valence-electron chi connectivity index (χ0n) is 18.9. The summed E-state index contributed by atoms with van der Waals surface area (Å²) in [5.74, 6) is 0.359. The molecule has 0 bridgehead atoms. The first-order chi connectivity index (χ1) is 14.5. The molecule has 2 aliphatic rings. The number of nitrogens with one attached hydrogen (secondary N) is 1. The Morgan fingerprint density at radius 3 is 2.57 bits per heavy atom. The Balaban J connectivity index is 1.67. The van der Waals surface area contributed by atoms with Crippen LogP contribution < -0.4 is 10.9 Å². The van der Waals surface area contributed by atoms with Crippen molar-refractivity contribution >= 4 is 27.0 Å².